The molecule has 23 heavy (non-hydrogen) atoms. The van der Waals surface area contributed by atoms with Crippen molar-refractivity contribution in [3.63, 3.8) is 0 Å². The number of ether oxygens (including phenoxy) is 2. The first-order valence-electron chi connectivity index (χ1n) is 7.75. The van der Waals surface area contributed by atoms with E-state index in [-0.39, 0.29) is 12.0 Å². The van der Waals surface area contributed by atoms with E-state index in [1.807, 2.05) is 54.6 Å². The molecule has 1 fully saturated rings. The molecule has 1 aliphatic rings. The number of carbonyl (C=O) groups excluding carboxylic acids is 1. The van der Waals surface area contributed by atoms with Crippen molar-refractivity contribution in [2.45, 2.75) is 12.5 Å². The second-order valence-corrected chi connectivity index (χ2v) is 5.39. The lowest BCUT2D eigenvalue weighted by atomic mass is 10.2. The fourth-order valence-corrected chi connectivity index (χ4v) is 2.43. The summed E-state index contributed by atoms with van der Waals surface area (Å²) in [4.78, 5) is 12.1. The lowest BCUT2D eigenvalue weighted by Crippen LogP contribution is -2.40. The zero-order valence-corrected chi connectivity index (χ0v) is 12.8. The molecular weight excluding hydrogens is 292 g/mol. The Morgan fingerprint density at radius 3 is 2.78 bits per heavy atom. The molecule has 1 atom stereocenters. The van der Waals surface area contributed by atoms with Crippen molar-refractivity contribution in [1.29, 1.82) is 0 Å². The highest BCUT2D eigenvalue weighted by molar-refractivity contribution is 5.91. The second-order valence-electron chi connectivity index (χ2n) is 5.39. The Balaban J connectivity index is 1.57. The summed E-state index contributed by atoms with van der Waals surface area (Å²) in [6.07, 6.45) is 0.282. The number of para-hydroxylation sites is 1. The summed E-state index contributed by atoms with van der Waals surface area (Å²) < 4.78 is 11.3. The fourth-order valence-electron chi connectivity index (χ4n) is 2.43. The van der Waals surface area contributed by atoms with Gasteiger partial charge in [0.2, 0.25) is 5.91 Å². The van der Waals surface area contributed by atoms with Gasteiger partial charge in [-0.25, -0.2) is 0 Å². The number of carbonyl (C=O) groups is 1. The normalized spacial score (nSPS) is 17.5. The Hall–Kier alpha value is -2.37. The maximum atomic E-state index is 12.1. The van der Waals surface area contributed by atoms with Crippen LogP contribution in [-0.4, -0.2) is 31.7 Å². The van der Waals surface area contributed by atoms with Crippen LogP contribution in [0, 0.1) is 0 Å². The van der Waals surface area contributed by atoms with Gasteiger partial charge in [-0.05, 0) is 24.3 Å². The Bertz CT molecular complexity index is 640. The summed E-state index contributed by atoms with van der Waals surface area (Å²) in [5.74, 6) is 1.39. The first-order valence-corrected chi connectivity index (χ1v) is 7.75. The molecule has 0 aliphatic carbocycles. The molecule has 5 heteroatoms. The molecule has 2 aromatic rings. The Morgan fingerprint density at radius 2 is 2.00 bits per heavy atom. The highest BCUT2D eigenvalue weighted by atomic mass is 16.5. The van der Waals surface area contributed by atoms with Gasteiger partial charge < -0.3 is 20.1 Å². The quantitative estimate of drug-likeness (QED) is 0.891. The summed E-state index contributed by atoms with van der Waals surface area (Å²) in [6, 6.07) is 16.9. The minimum absolute atomic E-state index is 0.0597. The number of hydrogen-bond acceptors (Lipinski definition) is 4. The van der Waals surface area contributed by atoms with Crippen LogP contribution in [-0.2, 0) is 9.53 Å². The van der Waals surface area contributed by atoms with E-state index in [0.29, 0.717) is 31.0 Å². The number of anilines is 1. The van der Waals surface area contributed by atoms with Gasteiger partial charge in [-0.2, -0.15) is 0 Å². The average molecular weight is 312 g/mol. The molecule has 0 aromatic heterocycles. The van der Waals surface area contributed by atoms with Gasteiger partial charge in [-0.15, -0.1) is 0 Å². The minimum Gasteiger partial charge on any atom is -0.457 e. The summed E-state index contributed by atoms with van der Waals surface area (Å²) in [5.41, 5.74) is 0.715. The van der Waals surface area contributed by atoms with Crippen molar-refractivity contribution in [3.05, 3.63) is 54.6 Å². The van der Waals surface area contributed by atoms with Crippen LogP contribution in [0.5, 0.6) is 11.5 Å². The molecular formula is C18H20N2O3. The Morgan fingerprint density at radius 1 is 1.17 bits per heavy atom. The zero-order chi connectivity index (χ0) is 15.9. The maximum absolute atomic E-state index is 12.1. The van der Waals surface area contributed by atoms with E-state index in [4.69, 9.17) is 9.47 Å². The van der Waals surface area contributed by atoms with Crippen LogP contribution in [0.25, 0.3) is 0 Å². The summed E-state index contributed by atoms with van der Waals surface area (Å²) >= 11 is 0. The number of morpholine rings is 1. The average Bonchev–Trinajstić information content (AvgIpc) is 2.57. The smallest absolute Gasteiger partial charge is 0.227 e. The fraction of sp³-hybridized carbons (Fsp3) is 0.278. The van der Waals surface area contributed by atoms with Crippen molar-refractivity contribution in [2.75, 3.05) is 25.0 Å². The van der Waals surface area contributed by atoms with Gasteiger partial charge in [0.25, 0.3) is 0 Å². The topological polar surface area (TPSA) is 59.6 Å². The minimum atomic E-state index is -0.0625. The molecule has 0 saturated carbocycles. The van der Waals surface area contributed by atoms with Gasteiger partial charge in [0.15, 0.2) is 0 Å². The van der Waals surface area contributed by atoms with Crippen molar-refractivity contribution in [1.82, 2.24) is 5.32 Å². The lowest BCUT2D eigenvalue weighted by molar-refractivity contribution is -0.119. The zero-order valence-electron chi connectivity index (χ0n) is 12.8. The van der Waals surface area contributed by atoms with Crippen LogP contribution in [0.1, 0.15) is 6.42 Å². The number of rotatable bonds is 5. The molecule has 0 bridgehead atoms. The van der Waals surface area contributed by atoms with Crippen molar-refractivity contribution >= 4 is 11.6 Å². The molecule has 1 aliphatic heterocycles. The van der Waals surface area contributed by atoms with Crippen molar-refractivity contribution < 1.29 is 14.3 Å². The van der Waals surface area contributed by atoms with Crippen molar-refractivity contribution in [3.8, 4) is 11.5 Å². The maximum Gasteiger partial charge on any atom is 0.227 e. The molecule has 2 N–H and O–H groups in total. The molecule has 0 radical (unpaired) electrons. The highest BCUT2D eigenvalue weighted by Gasteiger charge is 2.17. The molecule has 1 amide bonds. The van der Waals surface area contributed by atoms with Gasteiger partial charge in [0.05, 0.1) is 19.1 Å². The number of nitrogens with one attached hydrogen (secondary N) is 2. The SMILES string of the molecule is O=C(CC1CNCCO1)Nc1cccc(Oc2ccccc2)c1. The van der Waals surface area contributed by atoms with Gasteiger partial charge in [0.1, 0.15) is 11.5 Å². The number of amides is 1. The van der Waals surface area contributed by atoms with Gasteiger partial charge in [0, 0.05) is 24.8 Å². The molecule has 120 valence electrons. The molecule has 2 aromatic carbocycles. The predicted molar refractivity (Wildman–Crippen MR) is 88.8 cm³/mol. The van der Waals surface area contributed by atoms with E-state index >= 15 is 0 Å². The van der Waals surface area contributed by atoms with Crippen LogP contribution >= 0.6 is 0 Å². The highest BCUT2D eigenvalue weighted by Crippen LogP contribution is 2.24. The van der Waals surface area contributed by atoms with E-state index in [1.165, 1.54) is 0 Å². The standard InChI is InChI=1S/C18H20N2O3/c21-18(12-17-13-19-9-10-22-17)20-14-5-4-8-16(11-14)23-15-6-2-1-3-7-15/h1-8,11,17,19H,9-10,12-13H2,(H,20,21). The monoisotopic (exact) mass is 312 g/mol. The first-order chi connectivity index (χ1) is 11.3. The number of hydrogen-bond donors (Lipinski definition) is 2. The molecule has 1 heterocycles. The van der Waals surface area contributed by atoms with E-state index in [1.54, 1.807) is 0 Å². The van der Waals surface area contributed by atoms with E-state index in [0.717, 1.165) is 12.3 Å². The first kappa shape index (κ1) is 15.5. The third-order valence-corrected chi connectivity index (χ3v) is 3.51. The predicted octanol–water partition coefficient (Wildman–Crippen LogP) is 2.80. The van der Waals surface area contributed by atoms with Crippen LogP contribution in [0.15, 0.2) is 54.6 Å². The summed E-state index contributed by atoms with van der Waals surface area (Å²) in [7, 11) is 0. The second kappa shape index (κ2) is 7.76. The molecule has 1 unspecified atom stereocenters. The molecule has 0 spiro atoms. The Kier molecular flexibility index (Phi) is 5.24. The number of benzene rings is 2. The third-order valence-electron chi connectivity index (χ3n) is 3.51. The lowest BCUT2D eigenvalue weighted by Gasteiger charge is -2.23. The van der Waals surface area contributed by atoms with Crippen LogP contribution in [0.4, 0.5) is 5.69 Å². The Labute approximate surface area is 135 Å². The summed E-state index contributed by atoms with van der Waals surface area (Å²) in [6.45, 7) is 2.21. The van der Waals surface area contributed by atoms with Crippen molar-refractivity contribution in [2.24, 2.45) is 0 Å². The van der Waals surface area contributed by atoms with Crippen LogP contribution < -0.4 is 15.4 Å². The van der Waals surface area contributed by atoms with E-state index < -0.39 is 0 Å². The molecule has 3 rings (SSSR count). The largest absolute Gasteiger partial charge is 0.457 e. The van der Waals surface area contributed by atoms with E-state index in [2.05, 4.69) is 10.6 Å². The van der Waals surface area contributed by atoms with Crippen LogP contribution in [0.3, 0.4) is 0 Å². The third kappa shape index (κ3) is 4.81. The van der Waals surface area contributed by atoms with E-state index in [9.17, 15) is 4.79 Å². The molecule has 1 saturated heterocycles. The van der Waals surface area contributed by atoms with Gasteiger partial charge in [-0.3, -0.25) is 4.79 Å². The van der Waals surface area contributed by atoms with Crippen LogP contribution in [0.2, 0.25) is 0 Å². The summed E-state index contributed by atoms with van der Waals surface area (Å²) in [5, 5.41) is 6.10. The van der Waals surface area contributed by atoms with Gasteiger partial charge >= 0.3 is 0 Å². The van der Waals surface area contributed by atoms with Gasteiger partial charge in [-0.1, -0.05) is 24.3 Å². The molecule has 5 nitrogen and oxygen atoms in total.